The Kier molecular flexibility index (Phi) is 8.56. The minimum absolute atomic E-state index is 0.0850. The van der Waals surface area contributed by atoms with Crippen LogP contribution in [0.3, 0.4) is 0 Å². The van der Waals surface area contributed by atoms with E-state index in [1.165, 1.54) is 0 Å². The molecule has 1 aromatic rings. The maximum Gasteiger partial charge on any atom is 0.491 e. The summed E-state index contributed by atoms with van der Waals surface area (Å²) in [4.78, 5) is 0. The molecule has 0 unspecified atom stereocenters. The topological polar surface area (TPSA) is 69.9 Å². The van der Waals surface area contributed by atoms with E-state index < -0.39 is 18.8 Å². The van der Waals surface area contributed by atoms with Gasteiger partial charge in [-0.3, -0.25) is 0 Å². The Bertz CT molecular complexity index is 374. The molecule has 3 N–H and O–H groups in total. The fraction of sp³-hybridized carbons (Fsp3) is 0.538. The minimum Gasteiger partial charge on any atom is -0.423 e. The highest BCUT2D eigenvalue weighted by Gasteiger charge is 2.21. The molecule has 0 bridgehead atoms. The molecule has 0 aromatic heterocycles. The highest BCUT2D eigenvalue weighted by molar-refractivity contribution is 6.59. The van der Waals surface area contributed by atoms with Gasteiger partial charge in [0.05, 0.1) is 13.2 Å². The largest absolute Gasteiger partial charge is 0.491 e. The van der Waals surface area contributed by atoms with Crippen molar-refractivity contribution in [2.24, 2.45) is 5.41 Å². The van der Waals surface area contributed by atoms with Crippen molar-refractivity contribution in [3.05, 3.63) is 29.8 Å². The Morgan fingerprint density at radius 3 is 1.85 bits per heavy atom. The van der Waals surface area contributed by atoms with E-state index in [0.717, 1.165) is 18.2 Å². The van der Waals surface area contributed by atoms with Gasteiger partial charge in [0, 0.05) is 12.7 Å². The minimum atomic E-state index is -1.30. The van der Waals surface area contributed by atoms with Crippen molar-refractivity contribution in [3.8, 4) is 0 Å². The molecule has 0 aliphatic rings. The molecule has 0 radical (unpaired) electrons. The van der Waals surface area contributed by atoms with Crippen LogP contribution >= 0.6 is 0 Å². The molecule has 0 spiro atoms. The van der Waals surface area contributed by atoms with E-state index in [1.54, 1.807) is 0 Å². The standard InChI is InChI=1S/C11H15BF2O2.C2H6O2/c1-11(2,3)7-16-12(15)8-4-9(13)6-10(14)5-8;3-1-2-4/h4-6,15H,7H2,1-3H3;3-4H,1-2H2. The molecule has 0 amide bonds. The fourth-order valence-corrected chi connectivity index (χ4v) is 1.14. The lowest BCUT2D eigenvalue weighted by atomic mass is 9.79. The van der Waals surface area contributed by atoms with Gasteiger partial charge in [-0.25, -0.2) is 8.78 Å². The molecule has 20 heavy (non-hydrogen) atoms. The monoisotopic (exact) mass is 290 g/mol. The van der Waals surface area contributed by atoms with Gasteiger partial charge in [-0.15, -0.1) is 0 Å². The van der Waals surface area contributed by atoms with Crippen molar-refractivity contribution >= 4 is 12.6 Å². The normalized spacial score (nSPS) is 10.8. The van der Waals surface area contributed by atoms with Gasteiger partial charge in [-0.05, 0) is 23.0 Å². The van der Waals surface area contributed by atoms with Crippen LogP contribution in [-0.4, -0.2) is 42.2 Å². The van der Waals surface area contributed by atoms with Gasteiger partial charge in [0.15, 0.2) is 0 Å². The maximum atomic E-state index is 12.9. The molecule has 1 aromatic carbocycles. The van der Waals surface area contributed by atoms with Crippen molar-refractivity contribution < 1.29 is 28.7 Å². The van der Waals surface area contributed by atoms with Crippen molar-refractivity contribution in [3.63, 3.8) is 0 Å². The number of hydrogen-bond donors (Lipinski definition) is 3. The molecule has 4 nitrogen and oxygen atoms in total. The first-order valence-corrected chi connectivity index (χ1v) is 6.17. The molecule has 0 heterocycles. The van der Waals surface area contributed by atoms with Crippen molar-refractivity contribution in [2.45, 2.75) is 20.8 Å². The number of halogens is 2. The lowest BCUT2D eigenvalue weighted by Crippen LogP contribution is -2.36. The predicted molar refractivity (Wildman–Crippen MR) is 73.5 cm³/mol. The number of aliphatic hydroxyl groups excluding tert-OH is 2. The summed E-state index contributed by atoms with van der Waals surface area (Å²) < 4.78 is 30.8. The molecular formula is C13H21BF2O4. The first kappa shape index (κ1) is 19.0. The van der Waals surface area contributed by atoms with Crippen LogP contribution in [0.4, 0.5) is 8.78 Å². The summed E-state index contributed by atoms with van der Waals surface area (Å²) in [6, 6.07) is 2.85. The van der Waals surface area contributed by atoms with Crippen LogP contribution < -0.4 is 5.46 Å². The number of benzene rings is 1. The third-order valence-corrected chi connectivity index (χ3v) is 1.94. The molecule has 7 heteroatoms. The fourth-order valence-electron chi connectivity index (χ4n) is 1.14. The van der Waals surface area contributed by atoms with Crippen LogP contribution in [-0.2, 0) is 4.65 Å². The quantitative estimate of drug-likeness (QED) is 0.713. The third kappa shape index (κ3) is 8.98. The summed E-state index contributed by atoms with van der Waals surface area (Å²) >= 11 is 0. The molecule has 0 fully saturated rings. The van der Waals surface area contributed by atoms with Gasteiger partial charge in [-0.1, -0.05) is 20.8 Å². The number of aliphatic hydroxyl groups is 2. The molecule has 0 aliphatic carbocycles. The lowest BCUT2D eigenvalue weighted by Gasteiger charge is -2.19. The van der Waals surface area contributed by atoms with Gasteiger partial charge in [0.1, 0.15) is 11.6 Å². The van der Waals surface area contributed by atoms with Gasteiger partial charge in [-0.2, -0.15) is 0 Å². The summed E-state index contributed by atoms with van der Waals surface area (Å²) in [5.74, 6) is -1.46. The lowest BCUT2D eigenvalue weighted by molar-refractivity contribution is 0.174. The van der Waals surface area contributed by atoms with Crippen LogP contribution in [0.15, 0.2) is 18.2 Å². The van der Waals surface area contributed by atoms with E-state index >= 15 is 0 Å². The second-order valence-electron chi connectivity index (χ2n) is 5.37. The Morgan fingerprint density at radius 1 is 1.05 bits per heavy atom. The second kappa shape index (κ2) is 9.02. The smallest absolute Gasteiger partial charge is 0.423 e. The van der Waals surface area contributed by atoms with Gasteiger partial charge >= 0.3 is 7.12 Å². The zero-order valence-electron chi connectivity index (χ0n) is 11.9. The third-order valence-electron chi connectivity index (χ3n) is 1.94. The highest BCUT2D eigenvalue weighted by atomic mass is 19.1. The number of hydrogen-bond acceptors (Lipinski definition) is 4. The van der Waals surface area contributed by atoms with Crippen molar-refractivity contribution in [2.75, 3.05) is 19.8 Å². The molecule has 0 atom stereocenters. The first-order valence-electron chi connectivity index (χ1n) is 6.17. The van der Waals surface area contributed by atoms with E-state index in [1.807, 2.05) is 20.8 Å². The van der Waals surface area contributed by atoms with Crippen molar-refractivity contribution in [1.82, 2.24) is 0 Å². The molecule has 114 valence electrons. The molecule has 0 aliphatic heterocycles. The Hall–Kier alpha value is -1.02. The van der Waals surface area contributed by atoms with E-state index in [2.05, 4.69) is 0 Å². The summed E-state index contributed by atoms with van der Waals surface area (Å²) in [6.45, 7) is 5.86. The van der Waals surface area contributed by atoms with E-state index in [0.29, 0.717) is 6.61 Å². The zero-order chi connectivity index (χ0) is 15.8. The summed E-state index contributed by atoms with van der Waals surface area (Å²) in [5, 5.41) is 24.8. The SMILES string of the molecule is CC(C)(C)COB(O)c1cc(F)cc(F)c1.OCCO. The molecule has 0 saturated carbocycles. The van der Waals surface area contributed by atoms with E-state index in [-0.39, 0.29) is 24.1 Å². The zero-order valence-corrected chi connectivity index (χ0v) is 11.9. The second-order valence-corrected chi connectivity index (χ2v) is 5.37. The van der Waals surface area contributed by atoms with Gasteiger partial charge < -0.3 is 19.9 Å². The van der Waals surface area contributed by atoms with E-state index in [9.17, 15) is 13.8 Å². The van der Waals surface area contributed by atoms with Gasteiger partial charge in [0.2, 0.25) is 0 Å². The highest BCUT2D eigenvalue weighted by Crippen LogP contribution is 2.13. The predicted octanol–water partition coefficient (Wildman–Crippen LogP) is 0.686. The van der Waals surface area contributed by atoms with Crippen LogP contribution in [0.1, 0.15) is 20.8 Å². The summed E-state index contributed by atoms with van der Waals surface area (Å²) in [6.07, 6.45) is 0. The Morgan fingerprint density at radius 2 is 1.50 bits per heavy atom. The number of rotatable bonds is 4. The van der Waals surface area contributed by atoms with Crippen LogP contribution in [0.5, 0.6) is 0 Å². The van der Waals surface area contributed by atoms with Crippen molar-refractivity contribution in [1.29, 1.82) is 0 Å². The van der Waals surface area contributed by atoms with Crippen LogP contribution in [0.25, 0.3) is 0 Å². The van der Waals surface area contributed by atoms with Gasteiger partial charge in [0.25, 0.3) is 0 Å². The van der Waals surface area contributed by atoms with Crippen LogP contribution in [0.2, 0.25) is 0 Å². The Balaban J connectivity index is 0.000000796. The average molecular weight is 290 g/mol. The molecule has 1 rings (SSSR count). The first-order chi connectivity index (χ1) is 9.19. The molecule has 0 saturated heterocycles. The summed E-state index contributed by atoms with van der Waals surface area (Å²) in [5.41, 5.74) is -0.0333. The summed E-state index contributed by atoms with van der Waals surface area (Å²) in [7, 11) is -1.30. The van der Waals surface area contributed by atoms with E-state index in [4.69, 9.17) is 14.9 Å². The Labute approximate surface area is 118 Å². The molecular weight excluding hydrogens is 269 g/mol. The maximum absolute atomic E-state index is 12.9. The average Bonchev–Trinajstić information content (AvgIpc) is 2.34. The van der Waals surface area contributed by atoms with Crippen LogP contribution in [0, 0.1) is 17.0 Å².